The highest BCUT2D eigenvalue weighted by atomic mass is 127. The molecule has 0 bridgehead atoms. The minimum absolute atomic E-state index is 0. The lowest BCUT2D eigenvalue weighted by Gasteiger charge is -2.34. The monoisotopic (exact) mass is 535 g/mol. The predicted molar refractivity (Wildman–Crippen MR) is 127 cm³/mol. The summed E-state index contributed by atoms with van der Waals surface area (Å²) in [5, 5.41) is 4.26. The van der Waals surface area contributed by atoms with Crippen molar-refractivity contribution in [3.63, 3.8) is 0 Å². The van der Waals surface area contributed by atoms with E-state index in [9.17, 15) is 0 Å². The Morgan fingerprint density at radius 3 is 2.62 bits per heavy atom. The van der Waals surface area contributed by atoms with Gasteiger partial charge in [0, 0.05) is 52.7 Å². The number of morpholine rings is 1. The summed E-state index contributed by atoms with van der Waals surface area (Å²) in [6.07, 6.45) is 1.91. The van der Waals surface area contributed by atoms with Gasteiger partial charge in [0.1, 0.15) is 11.5 Å². The third-order valence-corrected chi connectivity index (χ3v) is 5.28. The minimum Gasteiger partial charge on any atom is -0.465 e. The molecule has 0 spiro atoms. The van der Waals surface area contributed by atoms with Gasteiger partial charge in [0.15, 0.2) is 5.96 Å². The van der Waals surface area contributed by atoms with Crippen molar-refractivity contribution in [2.75, 3.05) is 46.9 Å². The van der Waals surface area contributed by atoms with Gasteiger partial charge in [0.25, 0.3) is 0 Å². The molecule has 1 aliphatic heterocycles. The van der Waals surface area contributed by atoms with Crippen molar-refractivity contribution in [3.8, 4) is 0 Å². The Morgan fingerprint density at radius 2 is 2.07 bits per heavy atom. The Bertz CT molecular complexity index is 801. The molecule has 0 aromatic carbocycles. The molecule has 3 rings (SSSR count). The minimum atomic E-state index is 0. The smallest absolute Gasteiger partial charge is 0.193 e. The summed E-state index contributed by atoms with van der Waals surface area (Å²) in [5.41, 5.74) is 1.13. The van der Waals surface area contributed by atoms with Crippen LogP contribution >= 0.6 is 35.6 Å². The van der Waals surface area contributed by atoms with Gasteiger partial charge in [-0.2, -0.15) is 0 Å². The number of rotatable bonds is 6. The molecule has 1 unspecified atom stereocenters. The van der Waals surface area contributed by atoms with Gasteiger partial charge in [-0.3, -0.25) is 9.89 Å². The van der Waals surface area contributed by atoms with Crippen molar-refractivity contribution in [2.45, 2.75) is 19.5 Å². The number of guanidine groups is 1. The van der Waals surface area contributed by atoms with Gasteiger partial charge >= 0.3 is 0 Å². The number of ether oxygens (including phenoxy) is 1. The van der Waals surface area contributed by atoms with Gasteiger partial charge in [0.2, 0.25) is 0 Å². The van der Waals surface area contributed by atoms with Crippen molar-refractivity contribution >= 4 is 41.5 Å². The molecule has 1 fully saturated rings. The van der Waals surface area contributed by atoms with Gasteiger partial charge in [-0.05, 0) is 25.1 Å². The maximum atomic E-state index is 6.11. The number of halogens is 2. The van der Waals surface area contributed by atoms with Crippen molar-refractivity contribution in [2.24, 2.45) is 12.0 Å². The zero-order valence-corrected chi connectivity index (χ0v) is 20.6. The number of nitrogens with one attached hydrogen (secondary N) is 1. The Hall–Kier alpha value is -1.23. The van der Waals surface area contributed by atoms with E-state index in [4.69, 9.17) is 20.8 Å². The molecule has 0 aliphatic carbocycles. The first kappa shape index (κ1) is 24.0. The summed E-state index contributed by atoms with van der Waals surface area (Å²) >= 11 is 6.11. The summed E-state index contributed by atoms with van der Waals surface area (Å²) in [6.45, 7) is 6.68. The fraction of sp³-hybridized carbons (Fsp3) is 0.550. The van der Waals surface area contributed by atoms with Gasteiger partial charge in [-0.25, -0.2) is 0 Å². The highest BCUT2D eigenvalue weighted by Crippen LogP contribution is 2.23. The average Bonchev–Trinajstić information content (AvgIpc) is 3.24. The second kappa shape index (κ2) is 11.2. The third kappa shape index (κ3) is 6.37. The first-order valence-corrected chi connectivity index (χ1v) is 9.96. The van der Waals surface area contributed by atoms with E-state index in [1.807, 2.05) is 43.9 Å². The fourth-order valence-corrected chi connectivity index (χ4v) is 3.82. The highest BCUT2D eigenvalue weighted by Gasteiger charge is 2.25. The van der Waals surface area contributed by atoms with E-state index in [0.717, 1.165) is 54.5 Å². The lowest BCUT2D eigenvalue weighted by atomic mass is 10.1. The Morgan fingerprint density at radius 1 is 1.34 bits per heavy atom. The van der Waals surface area contributed by atoms with E-state index in [-0.39, 0.29) is 30.0 Å². The second-order valence-electron chi connectivity index (χ2n) is 7.16. The van der Waals surface area contributed by atoms with Crippen LogP contribution in [0, 0.1) is 6.92 Å². The number of aliphatic imine (C=N–C) groups is 1. The first-order valence-electron chi connectivity index (χ1n) is 9.58. The van der Waals surface area contributed by atoms with Crippen LogP contribution in [0.1, 0.15) is 23.3 Å². The molecule has 9 heteroatoms. The van der Waals surface area contributed by atoms with E-state index >= 15 is 0 Å². The molecule has 1 N–H and O–H groups in total. The summed E-state index contributed by atoms with van der Waals surface area (Å²) in [5.74, 6) is 2.73. The largest absolute Gasteiger partial charge is 0.465 e. The molecule has 0 radical (unpaired) electrons. The van der Waals surface area contributed by atoms with Crippen LogP contribution < -0.4 is 5.32 Å². The quantitative estimate of drug-likeness (QED) is 0.350. The topological polar surface area (TPSA) is 58.2 Å². The number of hydrogen-bond donors (Lipinski definition) is 1. The van der Waals surface area contributed by atoms with Crippen molar-refractivity contribution < 1.29 is 9.15 Å². The zero-order chi connectivity index (χ0) is 20.1. The SMILES string of the molecule is CN=C(NCC(c1ccc(C)o1)N1CCOCC1)N(C)Cc1cc(Cl)cn1C.I. The van der Waals surface area contributed by atoms with Crippen molar-refractivity contribution in [1.29, 1.82) is 0 Å². The molecule has 3 heterocycles. The van der Waals surface area contributed by atoms with E-state index in [1.54, 1.807) is 7.05 Å². The number of aromatic nitrogens is 1. The average molecular weight is 536 g/mol. The normalized spacial score (nSPS) is 16.4. The number of aryl methyl sites for hydroxylation is 2. The summed E-state index contributed by atoms with van der Waals surface area (Å²) in [7, 11) is 5.83. The van der Waals surface area contributed by atoms with Gasteiger partial charge in [-0.15, -0.1) is 24.0 Å². The Balaban J connectivity index is 0.00000300. The van der Waals surface area contributed by atoms with Crippen LogP contribution in [0.4, 0.5) is 0 Å². The highest BCUT2D eigenvalue weighted by molar-refractivity contribution is 14.0. The van der Waals surface area contributed by atoms with E-state index in [0.29, 0.717) is 13.1 Å². The molecule has 2 aromatic heterocycles. The van der Waals surface area contributed by atoms with Crippen LogP contribution in [-0.4, -0.2) is 67.3 Å². The summed E-state index contributed by atoms with van der Waals surface area (Å²) in [6, 6.07) is 6.19. The van der Waals surface area contributed by atoms with Crippen molar-refractivity contribution in [1.82, 2.24) is 19.7 Å². The summed E-state index contributed by atoms with van der Waals surface area (Å²) < 4.78 is 13.5. The molecule has 7 nitrogen and oxygen atoms in total. The van der Waals surface area contributed by atoms with Crippen LogP contribution in [0.5, 0.6) is 0 Å². The molecule has 1 saturated heterocycles. The molecule has 29 heavy (non-hydrogen) atoms. The molecule has 0 saturated carbocycles. The molecule has 0 amide bonds. The van der Waals surface area contributed by atoms with Crippen LogP contribution in [0.2, 0.25) is 5.02 Å². The molecular formula is C20H31ClIN5O2. The first-order chi connectivity index (χ1) is 13.5. The lowest BCUT2D eigenvalue weighted by molar-refractivity contribution is 0.0123. The number of furan rings is 1. The Labute approximate surface area is 195 Å². The number of hydrogen-bond acceptors (Lipinski definition) is 4. The lowest BCUT2D eigenvalue weighted by Crippen LogP contribution is -2.46. The van der Waals surface area contributed by atoms with E-state index in [2.05, 4.69) is 26.2 Å². The van der Waals surface area contributed by atoms with Crippen molar-refractivity contribution in [3.05, 3.63) is 46.6 Å². The summed E-state index contributed by atoms with van der Waals surface area (Å²) in [4.78, 5) is 8.95. The molecule has 162 valence electrons. The molecule has 2 aromatic rings. The van der Waals surface area contributed by atoms with Crippen LogP contribution in [0.15, 0.2) is 33.8 Å². The maximum Gasteiger partial charge on any atom is 0.193 e. The third-order valence-electron chi connectivity index (χ3n) is 5.08. The second-order valence-corrected chi connectivity index (χ2v) is 7.59. The van der Waals surface area contributed by atoms with Gasteiger partial charge < -0.3 is 23.9 Å². The maximum absolute atomic E-state index is 6.11. The van der Waals surface area contributed by atoms with Crippen LogP contribution in [-0.2, 0) is 18.3 Å². The van der Waals surface area contributed by atoms with Gasteiger partial charge in [-0.1, -0.05) is 11.6 Å². The fourth-order valence-electron chi connectivity index (χ4n) is 3.55. The molecular weight excluding hydrogens is 505 g/mol. The zero-order valence-electron chi connectivity index (χ0n) is 17.5. The molecule has 1 atom stereocenters. The van der Waals surface area contributed by atoms with E-state index < -0.39 is 0 Å². The standard InChI is InChI=1S/C20H30ClN5O2.HI/c1-15-5-6-19(28-15)18(26-7-9-27-10-8-26)12-23-20(22-2)25(4)14-17-11-16(21)13-24(17)3;/h5-6,11,13,18H,7-10,12,14H2,1-4H3,(H,22,23);1H. The predicted octanol–water partition coefficient (Wildman–Crippen LogP) is 3.28. The van der Waals surface area contributed by atoms with Crippen LogP contribution in [0.25, 0.3) is 0 Å². The van der Waals surface area contributed by atoms with Gasteiger partial charge in [0.05, 0.1) is 30.8 Å². The van der Waals surface area contributed by atoms with Crippen LogP contribution in [0.3, 0.4) is 0 Å². The Kier molecular flexibility index (Phi) is 9.32. The number of nitrogens with zero attached hydrogens (tertiary/aromatic N) is 4. The molecule has 1 aliphatic rings. The van der Waals surface area contributed by atoms with E-state index in [1.165, 1.54) is 0 Å².